The van der Waals surface area contributed by atoms with Crippen molar-refractivity contribution in [2.24, 2.45) is 0 Å². The van der Waals surface area contributed by atoms with Gasteiger partial charge >= 0.3 is 0 Å². The summed E-state index contributed by atoms with van der Waals surface area (Å²) in [5.74, 6) is 3.65. The van der Waals surface area contributed by atoms with Crippen LogP contribution in [0.15, 0.2) is 18.2 Å². The maximum absolute atomic E-state index is 10.6. The summed E-state index contributed by atoms with van der Waals surface area (Å²) in [6, 6.07) is 4.97. The lowest BCUT2D eigenvalue weighted by Gasteiger charge is -2.22. The van der Waals surface area contributed by atoms with E-state index >= 15 is 0 Å². The highest BCUT2D eigenvalue weighted by atomic mass is 32.2. The third kappa shape index (κ3) is 3.55. The zero-order valence-electron chi connectivity index (χ0n) is 10.2. The number of hydrogen-bond acceptors (Lipinski definition) is 5. The van der Waals surface area contributed by atoms with E-state index in [4.69, 9.17) is 0 Å². The van der Waals surface area contributed by atoms with Crippen LogP contribution in [0.2, 0.25) is 0 Å². The largest absolute Gasteiger partial charge is 0.384 e. The number of nitrogens with one attached hydrogen (secondary N) is 1. The van der Waals surface area contributed by atoms with Gasteiger partial charge in [-0.1, -0.05) is 0 Å². The van der Waals surface area contributed by atoms with Crippen molar-refractivity contribution in [1.29, 1.82) is 0 Å². The van der Waals surface area contributed by atoms with E-state index < -0.39 is 0 Å². The lowest BCUT2D eigenvalue weighted by Crippen LogP contribution is -2.23. The molecule has 1 saturated heterocycles. The molecule has 0 spiro atoms. The molecule has 0 bridgehead atoms. The van der Waals surface area contributed by atoms with Gasteiger partial charge in [-0.3, -0.25) is 10.1 Å². The fourth-order valence-corrected chi connectivity index (χ4v) is 4.45. The Morgan fingerprint density at radius 2 is 2.33 bits per heavy atom. The number of nitrogens with zero attached hydrogens (tertiary/aromatic N) is 1. The third-order valence-corrected chi connectivity index (χ3v) is 5.67. The van der Waals surface area contributed by atoms with Gasteiger partial charge in [-0.2, -0.15) is 23.5 Å². The monoisotopic (exact) mass is 284 g/mol. The van der Waals surface area contributed by atoms with Gasteiger partial charge < -0.3 is 5.32 Å². The summed E-state index contributed by atoms with van der Waals surface area (Å²) in [6.07, 6.45) is 0. The molecule has 1 unspecified atom stereocenters. The number of anilines is 1. The van der Waals surface area contributed by atoms with Gasteiger partial charge in [-0.05, 0) is 18.6 Å². The highest BCUT2D eigenvalue weighted by Gasteiger charge is 2.14. The molecule has 2 rings (SSSR count). The summed E-state index contributed by atoms with van der Waals surface area (Å²) < 4.78 is 0. The van der Waals surface area contributed by atoms with Gasteiger partial charge in [0.05, 0.1) is 4.92 Å². The van der Waals surface area contributed by atoms with E-state index in [-0.39, 0.29) is 10.6 Å². The van der Waals surface area contributed by atoms with Gasteiger partial charge in [-0.25, -0.2) is 0 Å². The number of aryl methyl sites for hydroxylation is 1. The van der Waals surface area contributed by atoms with E-state index in [0.717, 1.165) is 17.8 Å². The molecular weight excluding hydrogens is 268 g/mol. The topological polar surface area (TPSA) is 55.2 Å². The van der Waals surface area contributed by atoms with Crippen LogP contribution in [0.25, 0.3) is 0 Å². The van der Waals surface area contributed by atoms with E-state index in [9.17, 15) is 10.1 Å². The molecule has 1 aromatic carbocycles. The van der Waals surface area contributed by atoms with Gasteiger partial charge in [0.25, 0.3) is 5.69 Å². The lowest BCUT2D eigenvalue weighted by molar-refractivity contribution is -0.384. The number of rotatable bonds is 4. The third-order valence-electron chi connectivity index (χ3n) is 2.83. The van der Waals surface area contributed by atoms with Crippen molar-refractivity contribution in [3.8, 4) is 0 Å². The SMILES string of the molecule is Cc1cc([N+](=O)[O-])ccc1NCC1CSCCS1. The number of hydrogen-bond donors (Lipinski definition) is 1. The zero-order valence-corrected chi connectivity index (χ0v) is 11.9. The van der Waals surface area contributed by atoms with Crippen LogP contribution in [-0.4, -0.2) is 34.0 Å². The molecule has 0 amide bonds. The predicted molar refractivity (Wildman–Crippen MR) is 79.9 cm³/mol. The molecule has 98 valence electrons. The van der Waals surface area contributed by atoms with Crippen molar-refractivity contribution in [3.63, 3.8) is 0 Å². The fraction of sp³-hybridized carbons (Fsp3) is 0.500. The summed E-state index contributed by atoms with van der Waals surface area (Å²) in [6.45, 7) is 2.83. The Labute approximate surface area is 115 Å². The standard InChI is InChI=1S/C12H16N2O2S2/c1-9-6-10(14(15)16)2-3-12(9)13-7-11-8-17-4-5-18-11/h2-3,6,11,13H,4-5,7-8H2,1H3. The van der Waals surface area contributed by atoms with Gasteiger partial charge in [-0.15, -0.1) is 0 Å². The van der Waals surface area contributed by atoms with Crippen LogP contribution in [0.4, 0.5) is 11.4 Å². The summed E-state index contributed by atoms with van der Waals surface area (Å²) in [5, 5.41) is 14.7. The first-order valence-electron chi connectivity index (χ1n) is 5.85. The molecule has 1 N–H and O–H groups in total. The van der Waals surface area contributed by atoms with Gasteiger partial charge in [0.2, 0.25) is 0 Å². The van der Waals surface area contributed by atoms with Crippen LogP contribution in [0.3, 0.4) is 0 Å². The Kier molecular flexibility index (Phi) is 4.77. The smallest absolute Gasteiger partial charge is 0.269 e. The van der Waals surface area contributed by atoms with Crippen molar-refractivity contribution in [2.75, 3.05) is 29.1 Å². The minimum absolute atomic E-state index is 0.153. The van der Waals surface area contributed by atoms with Crippen molar-refractivity contribution in [1.82, 2.24) is 0 Å². The second-order valence-electron chi connectivity index (χ2n) is 4.20. The minimum atomic E-state index is -0.357. The fourth-order valence-electron chi connectivity index (χ4n) is 1.84. The Morgan fingerprint density at radius 1 is 1.50 bits per heavy atom. The minimum Gasteiger partial charge on any atom is -0.384 e. The Balaban J connectivity index is 1.94. The second kappa shape index (κ2) is 6.33. The van der Waals surface area contributed by atoms with E-state index in [1.54, 1.807) is 18.2 Å². The van der Waals surface area contributed by atoms with Crippen LogP contribution in [-0.2, 0) is 0 Å². The Bertz CT molecular complexity index is 434. The Morgan fingerprint density at radius 3 is 2.94 bits per heavy atom. The maximum atomic E-state index is 10.6. The first-order valence-corrected chi connectivity index (χ1v) is 8.05. The van der Waals surface area contributed by atoms with Crippen molar-refractivity contribution < 1.29 is 4.92 Å². The number of non-ortho nitro benzene ring substituents is 1. The quantitative estimate of drug-likeness (QED) is 0.680. The van der Waals surface area contributed by atoms with Crippen molar-refractivity contribution >= 4 is 34.9 Å². The van der Waals surface area contributed by atoms with Crippen LogP contribution < -0.4 is 5.32 Å². The van der Waals surface area contributed by atoms with Gasteiger partial charge in [0, 0.05) is 46.9 Å². The number of benzene rings is 1. The molecule has 0 radical (unpaired) electrons. The molecule has 6 heteroatoms. The van der Waals surface area contributed by atoms with Crippen molar-refractivity contribution in [2.45, 2.75) is 12.2 Å². The molecule has 1 aliphatic heterocycles. The molecule has 0 saturated carbocycles. The average molecular weight is 284 g/mol. The number of nitro groups is 1. The predicted octanol–water partition coefficient (Wildman–Crippen LogP) is 3.16. The number of thioether (sulfide) groups is 2. The first-order chi connectivity index (χ1) is 8.66. The number of nitro benzene ring substituents is 1. The lowest BCUT2D eigenvalue weighted by atomic mass is 10.2. The van der Waals surface area contributed by atoms with Crippen LogP contribution in [0, 0.1) is 17.0 Å². The summed E-state index contributed by atoms with van der Waals surface area (Å²) in [4.78, 5) is 10.3. The highest BCUT2D eigenvalue weighted by molar-refractivity contribution is 8.06. The van der Waals surface area contributed by atoms with E-state index in [2.05, 4.69) is 5.32 Å². The molecular formula is C12H16N2O2S2. The van der Waals surface area contributed by atoms with Crippen LogP contribution in [0.5, 0.6) is 0 Å². The molecule has 1 atom stereocenters. The normalized spacial score (nSPS) is 19.5. The summed E-state index contributed by atoms with van der Waals surface area (Å²) in [7, 11) is 0. The van der Waals surface area contributed by atoms with E-state index in [0.29, 0.717) is 5.25 Å². The maximum Gasteiger partial charge on any atom is 0.269 e. The Hall–Kier alpha value is -0.880. The molecule has 18 heavy (non-hydrogen) atoms. The van der Waals surface area contributed by atoms with Gasteiger partial charge in [0.15, 0.2) is 0 Å². The molecule has 1 fully saturated rings. The molecule has 1 aromatic rings. The highest BCUT2D eigenvalue weighted by Crippen LogP contribution is 2.26. The van der Waals surface area contributed by atoms with Gasteiger partial charge in [0.1, 0.15) is 0 Å². The second-order valence-corrected chi connectivity index (χ2v) is 6.76. The molecule has 1 aliphatic rings. The molecule has 0 aliphatic carbocycles. The average Bonchev–Trinajstić information content (AvgIpc) is 2.38. The van der Waals surface area contributed by atoms with Crippen LogP contribution in [0.1, 0.15) is 5.56 Å². The van der Waals surface area contributed by atoms with Crippen LogP contribution >= 0.6 is 23.5 Å². The molecule has 0 aromatic heterocycles. The summed E-state index contributed by atoms with van der Waals surface area (Å²) >= 11 is 4.00. The van der Waals surface area contributed by atoms with E-state index in [1.165, 1.54) is 17.3 Å². The first kappa shape index (κ1) is 13.5. The van der Waals surface area contributed by atoms with E-state index in [1.807, 2.05) is 30.4 Å². The molecule has 4 nitrogen and oxygen atoms in total. The summed E-state index contributed by atoms with van der Waals surface area (Å²) in [5.41, 5.74) is 2.08. The zero-order chi connectivity index (χ0) is 13.0. The van der Waals surface area contributed by atoms with Crippen molar-refractivity contribution in [3.05, 3.63) is 33.9 Å². The molecule has 1 heterocycles.